The summed E-state index contributed by atoms with van der Waals surface area (Å²) in [6.07, 6.45) is 3.64. The maximum Gasteiger partial charge on any atom is 0.158 e. The minimum absolute atomic E-state index is 0.111. The van der Waals surface area contributed by atoms with E-state index in [2.05, 4.69) is 63.2 Å². The summed E-state index contributed by atoms with van der Waals surface area (Å²) < 4.78 is 0. The number of halogens is 1. The Morgan fingerprint density at radius 3 is 2.56 bits per heavy atom. The van der Waals surface area contributed by atoms with Crippen LogP contribution >= 0.6 is 23.4 Å². The SMILES string of the molecule is Cc1ccc(CN2CC(Nc3cccc(Sc4ncc(N5CCC(C)(N)CC5)nc4N)c3Cl)C2)cc1. The number of aryl methyl sites for hydroxylation is 1. The summed E-state index contributed by atoms with van der Waals surface area (Å²) >= 11 is 8.24. The molecule has 3 aromatic rings. The molecule has 0 amide bonds. The first kappa shape index (κ1) is 25.1. The molecule has 2 saturated heterocycles. The molecule has 0 bridgehead atoms. The molecule has 2 aliphatic heterocycles. The highest BCUT2D eigenvalue weighted by Gasteiger charge is 2.28. The van der Waals surface area contributed by atoms with E-state index in [-0.39, 0.29) is 5.54 Å². The van der Waals surface area contributed by atoms with Gasteiger partial charge in [-0.2, -0.15) is 0 Å². The van der Waals surface area contributed by atoms with E-state index in [1.54, 1.807) is 6.20 Å². The van der Waals surface area contributed by atoms with Crippen LogP contribution in [-0.2, 0) is 6.54 Å². The number of nitrogen functional groups attached to an aromatic ring is 1. The van der Waals surface area contributed by atoms with Crippen molar-refractivity contribution >= 4 is 40.7 Å². The molecule has 0 radical (unpaired) electrons. The lowest BCUT2D eigenvalue weighted by Gasteiger charge is -2.40. The van der Waals surface area contributed by atoms with Gasteiger partial charge in [-0.05, 0) is 44.4 Å². The van der Waals surface area contributed by atoms with Crippen molar-refractivity contribution in [2.75, 3.05) is 42.1 Å². The third kappa shape index (κ3) is 5.89. The van der Waals surface area contributed by atoms with Crippen LogP contribution in [0.15, 0.2) is 58.6 Å². The third-order valence-corrected chi connectivity index (χ3v) is 8.58. The highest BCUT2D eigenvalue weighted by atomic mass is 35.5. The maximum absolute atomic E-state index is 6.79. The summed E-state index contributed by atoms with van der Waals surface area (Å²) in [5.41, 5.74) is 16.0. The minimum Gasteiger partial charge on any atom is -0.381 e. The Balaban J connectivity index is 1.18. The van der Waals surface area contributed by atoms with Crippen molar-refractivity contribution < 1.29 is 0 Å². The zero-order chi connectivity index (χ0) is 25.3. The topological polar surface area (TPSA) is 96.3 Å². The Morgan fingerprint density at radius 2 is 1.86 bits per heavy atom. The van der Waals surface area contributed by atoms with Gasteiger partial charge in [0.25, 0.3) is 0 Å². The number of likely N-dealkylation sites (tertiary alicyclic amines) is 1. The number of hydrogen-bond donors (Lipinski definition) is 3. The van der Waals surface area contributed by atoms with Gasteiger partial charge in [-0.25, -0.2) is 9.97 Å². The monoisotopic (exact) mass is 523 g/mol. The summed E-state index contributed by atoms with van der Waals surface area (Å²) in [6.45, 7) is 8.88. The van der Waals surface area contributed by atoms with Gasteiger partial charge in [0.1, 0.15) is 10.8 Å². The zero-order valence-corrected chi connectivity index (χ0v) is 22.4. The van der Waals surface area contributed by atoms with Crippen LogP contribution in [0.2, 0.25) is 5.02 Å². The molecule has 0 aliphatic carbocycles. The predicted molar refractivity (Wildman–Crippen MR) is 150 cm³/mol. The van der Waals surface area contributed by atoms with Crippen LogP contribution in [0.4, 0.5) is 17.3 Å². The molecule has 5 N–H and O–H groups in total. The van der Waals surface area contributed by atoms with Crippen LogP contribution < -0.4 is 21.7 Å². The van der Waals surface area contributed by atoms with Crippen LogP contribution in [0.5, 0.6) is 0 Å². The fraction of sp³-hybridized carbons (Fsp3) is 0.407. The summed E-state index contributed by atoms with van der Waals surface area (Å²) in [6, 6.07) is 15.1. The number of nitrogens with one attached hydrogen (secondary N) is 1. The zero-order valence-electron chi connectivity index (χ0n) is 20.9. The van der Waals surface area contributed by atoms with Gasteiger partial charge in [0.15, 0.2) is 5.82 Å². The van der Waals surface area contributed by atoms with E-state index in [0.717, 1.165) is 62.0 Å². The van der Waals surface area contributed by atoms with Gasteiger partial charge in [-0.1, -0.05) is 59.3 Å². The fourth-order valence-electron chi connectivity index (χ4n) is 4.63. The molecular weight excluding hydrogens is 490 g/mol. The van der Waals surface area contributed by atoms with Crippen LogP contribution in [0, 0.1) is 6.92 Å². The van der Waals surface area contributed by atoms with Crippen molar-refractivity contribution in [2.24, 2.45) is 5.73 Å². The smallest absolute Gasteiger partial charge is 0.158 e. The van der Waals surface area contributed by atoms with Gasteiger partial charge in [0.2, 0.25) is 0 Å². The van der Waals surface area contributed by atoms with Crippen molar-refractivity contribution in [2.45, 2.75) is 54.7 Å². The molecule has 2 aromatic carbocycles. The number of benzene rings is 2. The summed E-state index contributed by atoms with van der Waals surface area (Å²) in [4.78, 5) is 14.8. The Labute approximate surface area is 222 Å². The van der Waals surface area contributed by atoms with Gasteiger partial charge in [-0.15, -0.1) is 0 Å². The molecule has 0 saturated carbocycles. The second-order valence-corrected chi connectivity index (χ2v) is 11.7. The molecule has 2 fully saturated rings. The van der Waals surface area contributed by atoms with E-state index >= 15 is 0 Å². The minimum atomic E-state index is -0.111. The number of nitrogens with zero attached hydrogens (tertiary/aromatic N) is 4. The predicted octanol–water partition coefficient (Wildman–Crippen LogP) is 4.79. The van der Waals surface area contributed by atoms with Crippen LogP contribution in [-0.4, -0.2) is 52.6 Å². The quantitative estimate of drug-likeness (QED) is 0.407. The highest BCUT2D eigenvalue weighted by molar-refractivity contribution is 7.99. The molecule has 0 atom stereocenters. The van der Waals surface area contributed by atoms with Gasteiger partial charge in [0, 0.05) is 43.2 Å². The van der Waals surface area contributed by atoms with Crippen molar-refractivity contribution in [1.29, 1.82) is 0 Å². The average molecular weight is 524 g/mol. The Bertz CT molecular complexity index is 1200. The first-order valence-electron chi connectivity index (χ1n) is 12.4. The molecule has 9 heteroatoms. The molecule has 190 valence electrons. The number of anilines is 3. The normalized spacial score (nSPS) is 18.2. The molecule has 5 rings (SSSR count). The largest absolute Gasteiger partial charge is 0.381 e. The third-order valence-electron chi connectivity index (χ3n) is 6.99. The first-order valence-corrected chi connectivity index (χ1v) is 13.6. The highest BCUT2D eigenvalue weighted by Crippen LogP contribution is 2.39. The summed E-state index contributed by atoms with van der Waals surface area (Å²) in [5, 5.41) is 4.94. The van der Waals surface area contributed by atoms with Crippen molar-refractivity contribution in [1.82, 2.24) is 14.9 Å². The Morgan fingerprint density at radius 1 is 1.14 bits per heavy atom. The molecule has 0 unspecified atom stereocenters. The fourth-order valence-corrected chi connectivity index (χ4v) is 5.73. The number of nitrogens with two attached hydrogens (primary N) is 2. The Kier molecular flexibility index (Phi) is 7.30. The van der Waals surface area contributed by atoms with E-state index in [9.17, 15) is 0 Å². The molecule has 1 aromatic heterocycles. The lowest BCUT2D eigenvalue weighted by atomic mass is 9.91. The van der Waals surface area contributed by atoms with Crippen LogP contribution in [0.25, 0.3) is 0 Å². The number of piperidine rings is 1. The van der Waals surface area contributed by atoms with Crippen LogP contribution in [0.3, 0.4) is 0 Å². The lowest BCUT2D eigenvalue weighted by Crippen LogP contribution is -2.54. The van der Waals surface area contributed by atoms with E-state index in [1.165, 1.54) is 22.9 Å². The standard InChI is InChI=1S/C27H34ClN7S/c1-18-6-8-19(9-7-18)15-34-16-20(17-34)32-21-4-3-5-22(24(21)28)36-26-25(29)33-23(14-31-26)35-12-10-27(2,30)11-13-35/h3-9,14,20,32H,10-13,15-17,30H2,1-2H3,(H2,29,33). The van der Waals surface area contributed by atoms with Crippen LogP contribution in [0.1, 0.15) is 30.9 Å². The molecule has 0 spiro atoms. The van der Waals surface area contributed by atoms with Gasteiger partial charge < -0.3 is 21.7 Å². The number of hydrogen-bond acceptors (Lipinski definition) is 8. The molecule has 2 aliphatic rings. The second-order valence-electron chi connectivity index (χ2n) is 10.3. The average Bonchev–Trinajstić information content (AvgIpc) is 2.82. The van der Waals surface area contributed by atoms with Crippen molar-refractivity contribution in [3.8, 4) is 0 Å². The number of aromatic nitrogens is 2. The van der Waals surface area contributed by atoms with E-state index in [0.29, 0.717) is 21.9 Å². The maximum atomic E-state index is 6.79. The first-order chi connectivity index (χ1) is 17.3. The molecule has 3 heterocycles. The van der Waals surface area contributed by atoms with Gasteiger partial charge in [-0.3, -0.25) is 4.90 Å². The summed E-state index contributed by atoms with van der Waals surface area (Å²) in [5.74, 6) is 1.22. The Hall–Kier alpha value is -2.52. The second kappa shape index (κ2) is 10.5. The van der Waals surface area contributed by atoms with Crippen molar-refractivity contribution in [3.63, 3.8) is 0 Å². The molecule has 7 nitrogen and oxygen atoms in total. The van der Waals surface area contributed by atoms with Gasteiger partial charge >= 0.3 is 0 Å². The summed E-state index contributed by atoms with van der Waals surface area (Å²) in [7, 11) is 0. The van der Waals surface area contributed by atoms with E-state index < -0.39 is 0 Å². The molecule has 36 heavy (non-hydrogen) atoms. The lowest BCUT2D eigenvalue weighted by molar-refractivity contribution is 0.153. The van der Waals surface area contributed by atoms with E-state index in [1.807, 2.05) is 18.2 Å². The van der Waals surface area contributed by atoms with E-state index in [4.69, 9.17) is 23.1 Å². The van der Waals surface area contributed by atoms with Gasteiger partial charge in [0.05, 0.1) is 22.9 Å². The van der Waals surface area contributed by atoms with Crippen molar-refractivity contribution in [3.05, 3.63) is 64.8 Å². The number of rotatable bonds is 7. The molecular formula is C27H34ClN7S.